The highest BCUT2D eigenvalue weighted by Crippen LogP contribution is 2.28. The fourth-order valence-electron chi connectivity index (χ4n) is 2.53. The number of rotatable bonds is 4. The number of halogens is 1. The molecule has 0 saturated heterocycles. The Morgan fingerprint density at radius 2 is 1.95 bits per heavy atom. The zero-order valence-corrected chi connectivity index (χ0v) is 12.8. The molecule has 0 amide bonds. The maximum absolute atomic E-state index is 6.28. The molecule has 4 heteroatoms. The summed E-state index contributed by atoms with van der Waals surface area (Å²) in [6.45, 7) is 2.75. The van der Waals surface area contributed by atoms with E-state index in [1.807, 2.05) is 18.3 Å². The lowest BCUT2D eigenvalue weighted by Crippen LogP contribution is -2.03. The molecule has 1 aromatic carbocycles. The highest BCUT2D eigenvalue weighted by atomic mass is 35.5. The molecule has 21 heavy (non-hydrogen) atoms. The van der Waals surface area contributed by atoms with E-state index in [9.17, 15) is 0 Å². The number of imidazole rings is 1. The van der Waals surface area contributed by atoms with Crippen LogP contribution < -0.4 is 5.73 Å². The van der Waals surface area contributed by atoms with Gasteiger partial charge in [0.2, 0.25) is 0 Å². The first-order valence-corrected chi connectivity index (χ1v) is 7.51. The van der Waals surface area contributed by atoms with Crippen molar-refractivity contribution in [1.29, 1.82) is 0 Å². The van der Waals surface area contributed by atoms with Crippen LogP contribution in [0.5, 0.6) is 0 Å². The molecule has 0 atom stereocenters. The van der Waals surface area contributed by atoms with Crippen LogP contribution in [0.1, 0.15) is 17.7 Å². The van der Waals surface area contributed by atoms with Crippen molar-refractivity contribution in [2.45, 2.75) is 19.8 Å². The van der Waals surface area contributed by atoms with Crippen molar-refractivity contribution in [3.8, 4) is 11.3 Å². The standard InChI is InChI=1S/C17H18ClN3/c1-12-6-8-13(9-7-12)16-15(5-2-10-19)21-11-3-4-14(18)17(21)20-16/h3-4,6-9,11H,2,5,10,19H2,1H3. The van der Waals surface area contributed by atoms with Crippen molar-refractivity contribution in [2.24, 2.45) is 5.73 Å². The number of hydrogen-bond acceptors (Lipinski definition) is 2. The number of aromatic nitrogens is 2. The molecule has 0 saturated carbocycles. The molecule has 2 N–H and O–H groups in total. The Morgan fingerprint density at radius 3 is 2.67 bits per heavy atom. The normalized spacial score (nSPS) is 11.2. The number of fused-ring (bicyclic) bond motifs is 1. The van der Waals surface area contributed by atoms with E-state index in [0.29, 0.717) is 11.6 Å². The van der Waals surface area contributed by atoms with Crippen LogP contribution in [0.3, 0.4) is 0 Å². The number of nitrogens with zero attached hydrogens (tertiary/aromatic N) is 2. The molecule has 3 rings (SSSR count). The molecule has 3 aromatic rings. The quantitative estimate of drug-likeness (QED) is 0.795. The largest absolute Gasteiger partial charge is 0.330 e. The summed E-state index contributed by atoms with van der Waals surface area (Å²) in [5, 5.41) is 0.671. The average Bonchev–Trinajstić information content (AvgIpc) is 2.86. The van der Waals surface area contributed by atoms with Gasteiger partial charge < -0.3 is 10.1 Å². The van der Waals surface area contributed by atoms with Crippen LogP contribution >= 0.6 is 11.6 Å². The molecule has 0 aliphatic rings. The maximum atomic E-state index is 6.28. The molecule has 2 heterocycles. The smallest absolute Gasteiger partial charge is 0.156 e. The molecule has 0 radical (unpaired) electrons. The van der Waals surface area contributed by atoms with E-state index < -0.39 is 0 Å². The zero-order chi connectivity index (χ0) is 14.8. The Kier molecular flexibility index (Phi) is 3.95. The van der Waals surface area contributed by atoms with E-state index in [1.165, 1.54) is 11.3 Å². The topological polar surface area (TPSA) is 43.3 Å². The minimum absolute atomic E-state index is 0.668. The summed E-state index contributed by atoms with van der Waals surface area (Å²) in [5.74, 6) is 0. The van der Waals surface area contributed by atoms with Gasteiger partial charge in [-0.15, -0.1) is 0 Å². The predicted molar refractivity (Wildman–Crippen MR) is 87.8 cm³/mol. The van der Waals surface area contributed by atoms with Crippen LogP contribution in [0.4, 0.5) is 0 Å². The molecule has 0 unspecified atom stereocenters. The third-order valence-electron chi connectivity index (χ3n) is 3.64. The second kappa shape index (κ2) is 5.88. The van der Waals surface area contributed by atoms with Gasteiger partial charge in [0.1, 0.15) is 0 Å². The van der Waals surface area contributed by atoms with Gasteiger partial charge in [0.15, 0.2) is 5.65 Å². The van der Waals surface area contributed by atoms with Crippen LogP contribution in [-0.2, 0) is 6.42 Å². The third kappa shape index (κ3) is 2.67. The Bertz CT molecular complexity index is 760. The fraction of sp³-hybridized carbons (Fsp3) is 0.235. The summed E-state index contributed by atoms with van der Waals surface area (Å²) in [4.78, 5) is 4.76. The lowest BCUT2D eigenvalue weighted by molar-refractivity contribution is 0.804. The van der Waals surface area contributed by atoms with Gasteiger partial charge in [-0.25, -0.2) is 4.98 Å². The lowest BCUT2D eigenvalue weighted by Gasteiger charge is -2.05. The summed E-state index contributed by atoms with van der Waals surface area (Å²) in [6.07, 6.45) is 3.83. The first-order valence-electron chi connectivity index (χ1n) is 7.13. The van der Waals surface area contributed by atoms with Gasteiger partial charge >= 0.3 is 0 Å². The molecule has 0 fully saturated rings. The average molecular weight is 300 g/mol. The Hall–Kier alpha value is -1.84. The van der Waals surface area contributed by atoms with Crippen molar-refractivity contribution in [1.82, 2.24) is 9.38 Å². The Labute approximate surface area is 129 Å². The van der Waals surface area contributed by atoms with E-state index >= 15 is 0 Å². The first kappa shape index (κ1) is 14.1. The van der Waals surface area contributed by atoms with Crippen LogP contribution in [0.2, 0.25) is 5.02 Å². The van der Waals surface area contributed by atoms with Crippen LogP contribution in [0, 0.1) is 6.92 Å². The zero-order valence-electron chi connectivity index (χ0n) is 12.0. The van der Waals surface area contributed by atoms with Crippen molar-refractivity contribution < 1.29 is 0 Å². The predicted octanol–water partition coefficient (Wildman–Crippen LogP) is 3.85. The Balaban J connectivity index is 2.20. The molecule has 2 aromatic heterocycles. The first-order chi connectivity index (χ1) is 10.2. The minimum atomic E-state index is 0.668. The van der Waals surface area contributed by atoms with Crippen molar-refractivity contribution in [3.63, 3.8) is 0 Å². The van der Waals surface area contributed by atoms with E-state index in [4.69, 9.17) is 22.3 Å². The summed E-state index contributed by atoms with van der Waals surface area (Å²) in [5.41, 5.74) is 11.0. The molecule has 108 valence electrons. The summed E-state index contributed by atoms with van der Waals surface area (Å²) < 4.78 is 2.08. The molecule has 0 spiro atoms. The second-order valence-electron chi connectivity index (χ2n) is 5.22. The number of nitrogens with two attached hydrogens (primary N) is 1. The number of benzene rings is 1. The van der Waals surface area contributed by atoms with Gasteiger partial charge in [-0.1, -0.05) is 41.4 Å². The van der Waals surface area contributed by atoms with Crippen molar-refractivity contribution in [3.05, 3.63) is 58.9 Å². The van der Waals surface area contributed by atoms with Crippen molar-refractivity contribution >= 4 is 17.2 Å². The van der Waals surface area contributed by atoms with Gasteiger partial charge in [-0.05, 0) is 38.4 Å². The summed E-state index contributed by atoms with van der Waals surface area (Å²) in [7, 11) is 0. The maximum Gasteiger partial charge on any atom is 0.156 e. The van der Waals surface area contributed by atoms with Crippen molar-refractivity contribution in [2.75, 3.05) is 6.54 Å². The monoisotopic (exact) mass is 299 g/mol. The fourth-order valence-corrected chi connectivity index (χ4v) is 2.74. The molecule has 3 nitrogen and oxygen atoms in total. The summed E-state index contributed by atoms with van der Waals surface area (Å²) >= 11 is 6.28. The van der Waals surface area contributed by atoms with E-state index in [0.717, 1.165) is 29.7 Å². The van der Waals surface area contributed by atoms with Gasteiger partial charge in [0, 0.05) is 11.8 Å². The van der Waals surface area contributed by atoms with Crippen LogP contribution in [0.25, 0.3) is 16.9 Å². The molecule has 0 aliphatic carbocycles. The lowest BCUT2D eigenvalue weighted by atomic mass is 10.1. The number of aryl methyl sites for hydroxylation is 2. The number of pyridine rings is 1. The highest BCUT2D eigenvalue weighted by Gasteiger charge is 2.15. The SMILES string of the molecule is Cc1ccc(-c2nc3c(Cl)cccn3c2CCCN)cc1. The van der Waals surface area contributed by atoms with Crippen LogP contribution in [0.15, 0.2) is 42.6 Å². The second-order valence-corrected chi connectivity index (χ2v) is 5.62. The van der Waals surface area contributed by atoms with Crippen LogP contribution in [-0.4, -0.2) is 15.9 Å². The third-order valence-corrected chi connectivity index (χ3v) is 3.94. The molecular formula is C17H18ClN3. The molecule has 0 bridgehead atoms. The van der Waals surface area contributed by atoms with E-state index in [2.05, 4.69) is 35.6 Å². The van der Waals surface area contributed by atoms with Gasteiger partial charge in [-0.2, -0.15) is 0 Å². The van der Waals surface area contributed by atoms with Gasteiger partial charge in [-0.3, -0.25) is 0 Å². The van der Waals surface area contributed by atoms with E-state index in [1.54, 1.807) is 0 Å². The highest BCUT2D eigenvalue weighted by molar-refractivity contribution is 6.33. The Morgan fingerprint density at radius 1 is 1.19 bits per heavy atom. The van der Waals surface area contributed by atoms with Gasteiger partial charge in [0.05, 0.1) is 16.4 Å². The minimum Gasteiger partial charge on any atom is -0.330 e. The summed E-state index contributed by atoms with van der Waals surface area (Å²) in [6, 6.07) is 12.2. The molecule has 0 aliphatic heterocycles. The molecular weight excluding hydrogens is 282 g/mol. The number of hydrogen-bond donors (Lipinski definition) is 1. The van der Waals surface area contributed by atoms with E-state index in [-0.39, 0.29) is 0 Å². The van der Waals surface area contributed by atoms with Gasteiger partial charge in [0.25, 0.3) is 0 Å².